The summed E-state index contributed by atoms with van der Waals surface area (Å²) >= 11 is 0. The zero-order chi connectivity index (χ0) is 13.2. The van der Waals surface area contributed by atoms with Gasteiger partial charge >= 0.3 is 0 Å². The summed E-state index contributed by atoms with van der Waals surface area (Å²) in [7, 11) is 0. The summed E-state index contributed by atoms with van der Waals surface area (Å²) in [5, 5.41) is 0. The van der Waals surface area contributed by atoms with Crippen molar-refractivity contribution < 1.29 is 9.47 Å². The Balaban J connectivity index is 1.94. The molecule has 2 heterocycles. The normalized spacial score (nSPS) is 22.1. The van der Waals surface area contributed by atoms with Crippen molar-refractivity contribution in [1.82, 2.24) is 4.98 Å². The van der Waals surface area contributed by atoms with Crippen molar-refractivity contribution in [2.75, 3.05) is 6.61 Å². The van der Waals surface area contributed by atoms with E-state index in [2.05, 4.69) is 18.8 Å². The molecule has 0 spiro atoms. The Morgan fingerprint density at radius 3 is 2.89 bits per heavy atom. The van der Waals surface area contributed by atoms with Crippen molar-refractivity contribution in [3.63, 3.8) is 0 Å². The van der Waals surface area contributed by atoms with Gasteiger partial charge in [0.05, 0.1) is 17.4 Å². The fourth-order valence-electron chi connectivity index (χ4n) is 2.25. The number of aryl methyl sites for hydroxylation is 1. The summed E-state index contributed by atoms with van der Waals surface area (Å²) in [6, 6.07) is 3.87. The Kier molecular flexibility index (Phi) is 3.88. The second-order valence-electron chi connectivity index (χ2n) is 5.45. The van der Waals surface area contributed by atoms with Gasteiger partial charge in [0.1, 0.15) is 12.4 Å². The summed E-state index contributed by atoms with van der Waals surface area (Å²) in [6.07, 6.45) is 2.30. The second-order valence-corrected chi connectivity index (χ2v) is 5.45. The van der Waals surface area contributed by atoms with Crippen molar-refractivity contribution in [3.8, 4) is 5.75 Å². The third kappa shape index (κ3) is 3.21. The number of nitrogens with zero attached hydrogens (tertiary/aromatic N) is 1. The molecular formula is C14H22N2O2. The van der Waals surface area contributed by atoms with E-state index < -0.39 is 0 Å². The monoisotopic (exact) mass is 250 g/mol. The number of hydrogen-bond donors (Lipinski definition) is 1. The van der Waals surface area contributed by atoms with E-state index in [4.69, 9.17) is 15.2 Å². The Hall–Kier alpha value is -1.13. The molecule has 0 amide bonds. The lowest BCUT2D eigenvalue weighted by atomic mass is 10.1. The number of rotatable bonds is 4. The van der Waals surface area contributed by atoms with Gasteiger partial charge < -0.3 is 15.2 Å². The quantitative estimate of drug-likeness (QED) is 0.890. The van der Waals surface area contributed by atoms with Crippen LogP contribution < -0.4 is 10.5 Å². The highest BCUT2D eigenvalue weighted by atomic mass is 16.6. The zero-order valence-corrected chi connectivity index (χ0v) is 11.4. The van der Waals surface area contributed by atoms with Gasteiger partial charge in [0.2, 0.25) is 0 Å². The maximum absolute atomic E-state index is 5.89. The zero-order valence-electron chi connectivity index (χ0n) is 11.4. The number of hydrogen-bond acceptors (Lipinski definition) is 4. The molecule has 18 heavy (non-hydrogen) atoms. The third-order valence-corrected chi connectivity index (χ3v) is 3.24. The lowest BCUT2D eigenvalue weighted by Crippen LogP contribution is -2.24. The highest BCUT2D eigenvalue weighted by Gasteiger charge is 2.32. The summed E-state index contributed by atoms with van der Waals surface area (Å²) in [6.45, 7) is 7.15. The molecule has 0 radical (unpaired) electrons. The van der Waals surface area contributed by atoms with E-state index in [-0.39, 0.29) is 11.7 Å². The maximum atomic E-state index is 5.89. The number of aromatic nitrogens is 1. The first-order valence-corrected chi connectivity index (χ1v) is 6.47. The Bertz CT molecular complexity index is 418. The van der Waals surface area contributed by atoms with Gasteiger partial charge in [0.15, 0.2) is 0 Å². The first-order valence-electron chi connectivity index (χ1n) is 6.47. The highest BCUT2D eigenvalue weighted by molar-refractivity contribution is 5.29. The SMILES string of the molecule is Cc1ccc(OCC2CCC(C)(C)O2)c(CN)n1. The van der Waals surface area contributed by atoms with E-state index in [0.717, 1.165) is 30.0 Å². The molecule has 1 atom stereocenters. The van der Waals surface area contributed by atoms with Crippen molar-refractivity contribution >= 4 is 0 Å². The van der Waals surface area contributed by atoms with Crippen LogP contribution in [0.3, 0.4) is 0 Å². The van der Waals surface area contributed by atoms with E-state index in [9.17, 15) is 0 Å². The second kappa shape index (κ2) is 5.24. The molecule has 2 N–H and O–H groups in total. The predicted molar refractivity (Wildman–Crippen MR) is 70.5 cm³/mol. The summed E-state index contributed by atoms with van der Waals surface area (Å²) < 4.78 is 11.7. The average molecular weight is 250 g/mol. The molecule has 2 rings (SSSR count). The Morgan fingerprint density at radius 1 is 1.50 bits per heavy atom. The first kappa shape index (κ1) is 13.3. The fourth-order valence-corrected chi connectivity index (χ4v) is 2.25. The standard InChI is InChI=1S/C14H22N2O2/c1-10-4-5-13(12(8-15)16-10)17-9-11-6-7-14(2,3)18-11/h4-5,11H,6-9,15H2,1-3H3. The van der Waals surface area contributed by atoms with Crippen LogP contribution in [0.1, 0.15) is 38.1 Å². The van der Waals surface area contributed by atoms with E-state index in [1.165, 1.54) is 0 Å². The molecule has 0 saturated carbocycles. The minimum absolute atomic E-state index is 0.0176. The van der Waals surface area contributed by atoms with E-state index in [1.807, 2.05) is 19.1 Å². The lowest BCUT2D eigenvalue weighted by Gasteiger charge is -2.19. The van der Waals surface area contributed by atoms with Gasteiger partial charge in [-0.2, -0.15) is 0 Å². The van der Waals surface area contributed by atoms with Crippen molar-refractivity contribution in [3.05, 3.63) is 23.5 Å². The topological polar surface area (TPSA) is 57.4 Å². The van der Waals surface area contributed by atoms with Crippen LogP contribution in [0.4, 0.5) is 0 Å². The maximum Gasteiger partial charge on any atom is 0.142 e. The Labute approximate surface area is 108 Å². The molecule has 0 aromatic carbocycles. The van der Waals surface area contributed by atoms with E-state index in [0.29, 0.717) is 13.2 Å². The lowest BCUT2D eigenvalue weighted by molar-refractivity contribution is -0.0328. The van der Waals surface area contributed by atoms with Gasteiger partial charge in [0.25, 0.3) is 0 Å². The number of pyridine rings is 1. The van der Waals surface area contributed by atoms with Crippen LogP contribution in [0.5, 0.6) is 5.75 Å². The van der Waals surface area contributed by atoms with Crippen LogP contribution in [0.15, 0.2) is 12.1 Å². The first-order chi connectivity index (χ1) is 8.50. The summed E-state index contributed by atoms with van der Waals surface area (Å²) in [5.74, 6) is 0.774. The molecular weight excluding hydrogens is 228 g/mol. The van der Waals surface area contributed by atoms with Crippen LogP contribution in [0.2, 0.25) is 0 Å². The van der Waals surface area contributed by atoms with Crippen LogP contribution in [-0.4, -0.2) is 23.3 Å². The smallest absolute Gasteiger partial charge is 0.142 e. The van der Waals surface area contributed by atoms with Crippen molar-refractivity contribution in [2.24, 2.45) is 5.73 Å². The van der Waals surface area contributed by atoms with Gasteiger partial charge in [0, 0.05) is 12.2 Å². The minimum Gasteiger partial charge on any atom is -0.489 e. The molecule has 1 aromatic heterocycles. The molecule has 1 aliphatic rings. The number of nitrogens with two attached hydrogens (primary N) is 1. The van der Waals surface area contributed by atoms with Crippen molar-refractivity contribution in [2.45, 2.75) is 51.9 Å². The molecule has 0 aliphatic carbocycles. The van der Waals surface area contributed by atoms with Gasteiger partial charge in [-0.3, -0.25) is 4.98 Å². The van der Waals surface area contributed by atoms with Gasteiger partial charge in [-0.05, 0) is 45.7 Å². The van der Waals surface area contributed by atoms with Gasteiger partial charge in [-0.15, -0.1) is 0 Å². The Morgan fingerprint density at radius 2 is 2.28 bits per heavy atom. The summed E-state index contributed by atoms with van der Waals surface area (Å²) in [5.41, 5.74) is 7.43. The van der Waals surface area contributed by atoms with Crippen LogP contribution in [0.25, 0.3) is 0 Å². The largest absolute Gasteiger partial charge is 0.489 e. The molecule has 1 unspecified atom stereocenters. The van der Waals surface area contributed by atoms with Crippen LogP contribution in [0, 0.1) is 6.92 Å². The summed E-state index contributed by atoms with van der Waals surface area (Å²) in [4.78, 5) is 4.37. The van der Waals surface area contributed by atoms with Crippen LogP contribution >= 0.6 is 0 Å². The van der Waals surface area contributed by atoms with Gasteiger partial charge in [-0.25, -0.2) is 0 Å². The van der Waals surface area contributed by atoms with Crippen LogP contribution in [-0.2, 0) is 11.3 Å². The molecule has 1 fully saturated rings. The highest BCUT2D eigenvalue weighted by Crippen LogP contribution is 2.29. The third-order valence-electron chi connectivity index (χ3n) is 3.24. The molecule has 4 heteroatoms. The van der Waals surface area contributed by atoms with E-state index >= 15 is 0 Å². The molecule has 4 nitrogen and oxygen atoms in total. The fraction of sp³-hybridized carbons (Fsp3) is 0.643. The molecule has 0 bridgehead atoms. The molecule has 1 aromatic rings. The molecule has 100 valence electrons. The predicted octanol–water partition coefficient (Wildman–Crippen LogP) is 2.19. The molecule has 1 saturated heterocycles. The average Bonchev–Trinajstić information content (AvgIpc) is 2.67. The van der Waals surface area contributed by atoms with E-state index in [1.54, 1.807) is 0 Å². The number of ether oxygens (including phenoxy) is 2. The minimum atomic E-state index is -0.0176. The van der Waals surface area contributed by atoms with Gasteiger partial charge in [-0.1, -0.05) is 0 Å². The molecule has 1 aliphatic heterocycles. The van der Waals surface area contributed by atoms with Crippen molar-refractivity contribution in [1.29, 1.82) is 0 Å².